The smallest absolute Gasteiger partial charge is 0.254 e. The fraction of sp³-hybridized carbons (Fsp3) is 0.500. The van der Waals surface area contributed by atoms with Gasteiger partial charge in [0.1, 0.15) is 11.5 Å². The number of nitrogens with one attached hydrogen (secondary N) is 1. The van der Waals surface area contributed by atoms with Gasteiger partial charge in [0, 0.05) is 13.7 Å². The molecule has 1 amide bonds. The predicted molar refractivity (Wildman–Crippen MR) is 52.4 cm³/mol. The number of hydrogen-bond donors (Lipinski definition) is 1. The van der Waals surface area contributed by atoms with Gasteiger partial charge in [-0.2, -0.15) is 0 Å². The largest absolute Gasteiger partial charge is 0.466 e. The maximum absolute atomic E-state index is 11.5. The van der Waals surface area contributed by atoms with Gasteiger partial charge in [-0.1, -0.05) is 0 Å². The van der Waals surface area contributed by atoms with Crippen molar-refractivity contribution in [2.24, 2.45) is 0 Å². The van der Waals surface area contributed by atoms with Crippen molar-refractivity contribution in [1.82, 2.24) is 5.32 Å². The van der Waals surface area contributed by atoms with E-state index in [1.165, 1.54) is 0 Å². The quantitative estimate of drug-likeness (QED) is 0.739. The number of rotatable bonds is 4. The molecule has 1 aromatic heterocycles. The first-order valence-electron chi connectivity index (χ1n) is 4.49. The van der Waals surface area contributed by atoms with Gasteiger partial charge < -0.3 is 14.5 Å². The Morgan fingerprint density at radius 2 is 2.29 bits per heavy atom. The summed E-state index contributed by atoms with van der Waals surface area (Å²) in [4.78, 5) is 11.5. The second-order valence-electron chi connectivity index (χ2n) is 3.08. The van der Waals surface area contributed by atoms with Crippen LogP contribution in [0.2, 0.25) is 0 Å². The number of furan rings is 1. The summed E-state index contributed by atoms with van der Waals surface area (Å²) in [5.41, 5.74) is 0.596. The van der Waals surface area contributed by atoms with E-state index in [4.69, 9.17) is 9.15 Å². The topological polar surface area (TPSA) is 51.5 Å². The summed E-state index contributed by atoms with van der Waals surface area (Å²) in [6.45, 7) is 4.62. The minimum atomic E-state index is -0.114. The van der Waals surface area contributed by atoms with E-state index in [1.807, 2.05) is 6.92 Å². The molecule has 0 bridgehead atoms. The molecule has 78 valence electrons. The molecule has 0 fully saturated rings. The van der Waals surface area contributed by atoms with E-state index < -0.39 is 0 Å². The fourth-order valence-electron chi connectivity index (χ4n) is 1.22. The van der Waals surface area contributed by atoms with Crippen molar-refractivity contribution in [1.29, 1.82) is 0 Å². The number of aryl methyl sites for hydroxylation is 2. The lowest BCUT2D eigenvalue weighted by Gasteiger charge is -2.02. The Morgan fingerprint density at radius 3 is 2.79 bits per heavy atom. The summed E-state index contributed by atoms with van der Waals surface area (Å²) in [5, 5.41) is 2.73. The standard InChI is InChI=1S/C10H15NO3/c1-7-6-9(8(2)14-7)10(12)11-4-5-13-3/h6H,4-5H2,1-3H3,(H,11,12). The number of carbonyl (C=O) groups is 1. The van der Waals surface area contributed by atoms with Crippen LogP contribution in [0.25, 0.3) is 0 Å². The Hall–Kier alpha value is -1.29. The Balaban J connectivity index is 2.56. The Morgan fingerprint density at radius 1 is 1.57 bits per heavy atom. The van der Waals surface area contributed by atoms with Gasteiger partial charge >= 0.3 is 0 Å². The molecule has 0 aliphatic carbocycles. The van der Waals surface area contributed by atoms with Gasteiger partial charge in [-0.25, -0.2) is 0 Å². The molecule has 1 rings (SSSR count). The Bertz CT molecular complexity index is 317. The van der Waals surface area contributed by atoms with Gasteiger partial charge in [0.2, 0.25) is 0 Å². The summed E-state index contributed by atoms with van der Waals surface area (Å²) in [5.74, 6) is 1.29. The lowest BCUT2D eigenvalue weighted by molar-refractivity contribution is 0.0935. The molecular weight excluding hydrogens is 182 g/mol. The third kappa shape index (κ3) is 2.60. The van der Waals surface area contributed by atoms with E-state index in [-0.39, 0.29) is 5.91 Å². The van der Waals surface area contributed by atoms with Gasteiger partial charge in [-0.3, -0.25) is 4.79 Å². The van der Waals surface area contributed by atoms with Crippen molar-refractivity contribution >= 4 is 5.91 Å². The van der Waals surface area contributed by atoms with Gasteiger partial charge in [-0.15, -0.1) is 0 Å². The van der Waals surface area contributed by atoms with Crippen molar-refractivity contribution in [3.05, 3.63) is 23.2 Å². The van der Waals surface area contributed by atoms with Crippen LogP contribution in [-0.4, -0.2) is 26.2 Å². The first kappa shape index (κ1) is 10.8. The average molecular weight is 197 g/mol. The summed E-state index contributed by atoms with van der Waals surface area (Å²) < 4.78 is 10.1. The highest BCUT2D eigenvalue weighted by molar-refractivity contribution is 5.95. The Labute approximate surface area is 83.2 Å². The van der Waals surface area contributed by atoms with Crippen molar-refractivity contribution in [2.75, 3.05) is 20.3 Å². The van der Waals surface area contributed by atoms with Crippen LogP contribution in [0.3, 0.4) is 0 Å². The maximum Gasteiger partial charge on any atom is 0.254 e. The zero-order chi connectivity index (χ0) is 10.6. The molecular formula is C10H15NO3. The molecule has 0 unspecified atom stereocenters. The SMILES string of the molecule is COCCNC(=O)c1cc(C)oc1C. The van der Waals surface area contributed by atoms with Crippen LogP contribution in [-0.2, 0) is 4.74 Å². The minimum Gasteiger partial charge on any atom is -0.466 e. The fourth-order valence-corrected chi connectivity index (χ4v) is 1.22. The molecule has 1 heterocycles. The van der Waals surface area contributed by atoms with Crippen LogP contribution in [0.15, 0.2) is 10.5 Å². The molecule has 0 saturated carbocycles. The second kappa shape index (κ2) is 4.81. The third-order valence-electron chi connectivity index (χ3n) is 1.88. The highest BCUT2D eigenvalue weighted by atomic mass is 16.5. The number of amides is 1. The van der Waals surface area contributed by atoms with E-state index in [2.05, 4.69) is 5.32 Å². The van der Waals surface area contributed by atoms with Gasteiger partial charge in [0.15, 0.2) is 0 Å². The van der Waals surface area contributed by atoms with Crippen LogP contribution < -0.4 is 5.32 Å². The van der Waals surface area contributed by atoms with E-state index in [0.717, 1.165) is 5.76 Å². The molecule has 4 heteroatoms. The maximum atomic E-state index is 11.5. The van der Waals surface area contributed by atoms with E-state index in [0.29, 0.717) is 24.5 Å². The molecule has 0 saturated heterocycles. The van der Waals surface area contributed by atoms with Gasteiger partial charge in [0.25, 0.3) is 5.91 Å². The molecule has 0 radical (unpaired) electrons. The van der Waals surface area contributed by atoms with Crippen LogP contribution in [0.1, 0.15) is 21.9 Å². The molecule has 1 N–H and O–H groups in total. The number of methoxy groups -OCH3 is 1. The molecule has 4 nitrogen and oxygen atoms in total. The Kier molecular flexibility index (Phi) is 3.71. The molecule has 14 heavy (non-hydrogen) atoms. The zero-order valence-electron chi connectivity index (χ0n) is 8.72. The lowest BCUT2D eigenvalue weighted by atomic mass is 10.2. The van der Waals surface area contributed by atoms with Gasteiger partial charge in [-0.05, 0) is 19.9 Å². The van der Waals surface area contributed by atoms with Crippen LogP contribution in [0.4, 0.5) is 0 Å². The van der Waals surface area contributed by atoms with E-state index in [1.54, 1.807) is 20.1 Å². The van der Waals surface area contributed by atoms with Crippen molar-refractivity contribution < 1.29 is 13.9 Å². The summed E-state index contributed by atoms with van der Waals surface area (Å²) in [6.07, 6.45) is 0. The van der Waals surface area contributed by atoms with Crippen LogP contribution in [0, 0.1) is 13.8 Å². The van der Waals surface area contributed by atoms with Crippen molar-refractivity contribution in [3.63, 3.8) is 0 Å². The summed E-state index contributed by atoms with van der Waals surface area (Å²) in [6, 6.07) is 1.73. The molecule has 0 aromatic carbocycles. The number of carbonyl (C=O) groups excluding carboxylic acids is 1. The average Bonchev–Trinajstić information content (AvgIpc) is 2.45. The van der Waals surface area contributed by atoms with Crippen molar-refractivity contribution in [2.45, 2.75) is 13.8 Å². The molecule has 0 aliphatic heterocycles. The highest BCUT2D eigenvalue weighted by Crippen LogP contribution is 2.12. The normalized spacial score (nSPS) is 10.2. The first-order valence-corrected chi connectivity index (χ1v) is 4.49. The summed E-state index contributed by atoms with van der Waals surface area (Å²) in [7, 11) is 1.60. The molecule has 0 aliphatic rings. The predicted octanol–water partition coefficient (Wildman–Crippen LogP) is 1.27. The van der Waals surface area contributed by atoms with Gasteiger partial charge in [0.05, 0.1) is 12.2 Å². The van der Waals surface area contributed by atoms with Crippen LogP contribution in [0.5, 0.6) is 0 Å². The van der Waals surface area contributed by atoms with E-state index in [9.17, 15) is 4.79 Å². The first-order chi connectivity index (χ1) is 6.65. The molecule has 0 spiro atoms. The lowest BCUT2D eigenvalue weighted by Crippen LogP contribution is -2.27. The summed E-state index contributed by atoms with van der Waals surface area (Å²) >= 11 is 0. The molecule has 1 aromatic rings. The minimum absolute atomic E-state index is 0.114. The monoisotopic (exact) mass is 197 g/mol. The number of ether oxygens (including phenoxy) is 1. The van der Waals surface area contributed by atoms with Crippen molar-refractivity contribution in [3.8, 4) is 0 Å². The molecule has 0 atom stereocenters. The van der Waals surface area contributed by atoms with E-state index >= 15 is 0 Å². The number of hydrogen-bond acceptors (Lipinski definition) is 3. The third-order valence-corrected chi connectivity index (χ3v) is 1.88. The zero-order valence-corrected chi connectivity index (χ0v) is 8.72. The van der Waals surface area contributed by atoms with Crippen LogP contribution >= 0.6 is 0 Å². The second-order valence-corrected chi connectivity index (χ2v) is 3.08. The highest BCUT2D eigenvalue weighted by Gasteiger charge is 2.12.